The average molecular weight is 460 g/mol. The first-order valence-corrected chi connectivity index (χ1v) is 12.2. The Morgan fingerprint density at radius 3 is 2.59 bits per heavy atom. The summed E-state index contributed by atoms with van der Waals surface area (Å²) in [5.41, 5.74) is 5.41. The maximum Gasteiger partial charge on any atom is 0.298 e. The number of para-hydroxylation sites is 1. The van der Waals surface area contributed by atoms with Crippen LogP contribution in [-0.4, -0.2) is 15.7 Å². The summed E-state index contributed by atoms with van der Waals surface area (Å²) in [6.45, 7) is 4.01. The first-order chi connectivity index (χ1) is 15.5. The van der Waals surface area contributed by atoms with Crippen molar-refractivity contribution in [2.24, 2.45) is 0 Å². The largest absolute Gasteiger partial charge is 0.308 e. The number of hydrogen-bond donors (Lipinski definition) is 0. The van der Waals surface area contributed by atoms with Gasteiger partial charge in [-0.15, -0.1) is 11.3 Å². The maximum absolute atomic E-state index is 13.0. The quantitative estimate of drug-likeness (QED) is 0.441. The van der Waals surface area contributed by atoms with Crippen LogP contribution in [0.5, 0.6) is 0 Å². The molecule has 3 heterocycles. The lowest BCUT2D eigenvalue weighted by atomic mass is 9.96. The summed E-state index contributed by atoms with van der Waals surface area (Å²) in [5, 5.41) is 10.6. The number of nitrogens with zero attached hydrogens (tertiary/aromatic N) is 3. The Balaban J connectivity index is 1.54. The highest BCUT2D eigenvalue weighted by Gasteiger charge is 2.36. The molecule has 1 aromatic carbocycles. The van der Waals surface area contributed by atoms with Crippen molar-refractivity contribution in [3.8, 4) is 11.1 Å². The van der Waals surface area contributed by atoms with Crippen molar-refractivity contribution < 1.29 is 9.59 Å². The Hall–Kier alpha value is -3.08. The van der Waals surface area contributed by atoms with Crippen molar-refractivity contribution in [1.29, 1.82) is 5.26 Å². The molecule has 0 radical (unpaired) electrons. The standard InChI is InChI=1S/C25H21N3O2S2/c1-15-12-17(13-22-23(29)28(25(30)32-22)18-8-4-3-5-9-18)16(2)27(15)24-20(14-26)19-10-6-7-11-21(19)31-24/h3-5,8-9,12-13H,6-7,10-11H2,1-2H3. The lowest BCUT2D eigenvalue weighted by Gasteiger charge is -2.11. The number of nitriles is 1. The molecule has 0 unspecified atom stereocenters. The van der Waals surface area contributed by atoms with Crippen LogP contribution in [0.3, 0.4) is 0 Å². The van der Waals surface area contributed by atoms with Gasteiger partial charge in [-0.05, 0) is 86.7 Å². The predicted octanol–water partition coefficient (Wildman–Crippen LogP) is 6.15. The number of thiophene rings is 1. The molecule has 1 aliphatic carbocycles. The van der Waals surface area contributed by atoms with E-state index in [0.717, 1.165) is 58.5 Å². The van der Waals surface area contributed by atoms with Gasteiger partial charge in [0.1, 0.15) is 11.1 Å². The van der Waals surface area contributed by atoms with Gasteiger partial charge in [0.15, 0.2) is 0 Å². The molecule has 0 bridgehead atoms. The topological polar surface area (TPSA) is 66.1 Å². The lowest BCUT2D eigenvalue weighted by molar-refractivity contribution is -0.113. The summed E-state index contributed by atoms with van der Waals surface area (Å²) >= 11 is 2.67. The van der Waals surface area contributed by atoms with E-state index < -0.39 is 0 Å². The fourth-order valence-corrected chi connectivity index (χ4v) is 6.76. The highest BCUT2D eigenvalue weighted by molar-refractivity contribution is 8.19. The van der Waals surface area contributed by atoms with Crippen molar-refractivity contribution in [3.63, 3.8) is 0 Å². The Morgan fingerprint density at radius 1 is 1.09 bits per heavy atom. The first-order valence-electron chi connectivity index (χ1n) is 10.6. The third-order valence-corrected chi connectivity index (χ3v) is 8.18. The van der Waals surface area contributed by atoms with E-state index in [4.69, 9.17) is 0 Å². The van der Waals surface area contributed by atoms with Crippen LogP contribution >= 0.6 is 23.1 Å². The molecule has 1 aliphatic heterocycles. The van der Waals surface area contributed by atoms with Crippen LogP contribution in [0.2, 0.25) is 0 Å². The number of thioether (sulfide) groups is 1. The monoisotopic (exact) mass is 459 g/mol. The van der Waals surface area contributed by atoms with Gasteiger partial charge in [0.25, 0.3) is 11.1 Å². The summed E-state index contributed by atoms with van der Waals surface area (Å²) in [5.74, 6) is -0.305. The van der Waals surface area contributed by atoms with Crippen molar-refractivity contribution in [2.45, 2.75) is 39.5 Å². The van der Waals surface area contributed by atoms with Crippen molar-refractivity contribution in [3.05, 3.63) is 74.3 Å². The third-order valence-electron chi connectivity index (χ3n) is 6.03. The number of carbonyl (C=O) groups is 2. The Kier molecular flexibility index (Phi) is 5.28. The molecule has 0 atom stereocenters. The number of amides is 2. The Labute approximate surface area is 195 Å². The molecule has 5 nitrogen and oxygen atoms in total. The summed E-state index contributed by atoms with van der Waals surface area (Å²) in [6, 6.07) is 13.4. The molecule has 1 saturated heterocycles. The van der Waals surface area contributed by atoms with Crippen LogP contribution in [0.1, 0.15) is 45.8 Å². The smallest absolute Gasteiger partial charge is 0.298 e. The van der Waals surface area contributed by atoms with Gasteiger partial charge in [0.2, 0.25) is 0 Å². The molecule has 0 spiro atoms. The van der Waals surface area contributed by atoms with E-state index in [1.54, 1.807) is 29.5 Å². The molecule has 2 aliphatic rings. The molecule has 7 heteroatoms. The second-order valence-electron chi connectivity index (χ2n) is 8.02. The van der Waals surface area contributed by atoms with Gasteiger partial charge in [-0.1, -0.05) is 18.2 Å². The molecule has 2 amide bonds. The fraction of sp³-hybridized carbons (Fsp3) is 0.240. The average Bonchev–Trinajstić information content (AvgIpc) is 3.39. The minimum atomic E-state index is -0.305. The van der Waals surface area contributed by atoms with Crippen LogP contribution in [-0.2, 0) is 17.6 Å². The number of fused-ring (bicyclic) bond motifs is 1. The van der Waals surface area contributed by atoms with Gasteiger partial charge in [-0.2, -0.15) is 5.26 Å². The second-order valence-corrected chi connectivity index (χ2v) is 10.1. The molecular weight excluding hydrogens is 438 g/mol. The zero-order chi connectivity index (χ0) is 22.4. The molecule has 160 valence electrons. The SMILES string of the molecule is Cc1cc(C=C2SC(=O)N(c3ccccc3)C2=O)c(C)n1-c1sc2c(c1C#N)CCCC2. The predicted molar refractivity (Wildman–Crippen MR) is 129 cm³/mol. The van der Waals surface area contributed by atoms with E-state index in [-0.39, 0.29) is 11.1 Å². The van der Waals surface area contributed by atoms with E-state index in [1.165, 1.54) is 21.8 Å². The number of aryl methyl sites for hydroxylation is 2. The number of anilines is 1. The van der Waals surface area contributed by atoms with Crippen LogP contribution in [0.4, 0.5) is 10.5 Å². The minimum absolute atomic E-state index is 0.293. The molecule has 0 saturated carbocycles. The summed E-state index contributed by atoms with van der Waals surface area (Å²) in [7, 11) is 0. The number of carbonyl (C=O) groups excluding carboxylic acids is 2. The van der Waals surface area contributed by atoms with E-state index in [0.29, 0.717) is 10.6 Å². The van der Waals surface area contributed by atoms with Gasteiger partial charge in [-0.25, -0.2) is 4.90 Å². The fourth-order valence-electron chi connectivity index (χ4n) is 4.48. The van der Waals surface area contributed by atoms with E-state index in [9.17, 15) is 14.9 Å². The third kappa shape index (κ3) is 3.31. The number of benzene rings is 1. The summed E-state index contributed by atoms with van der Waals surface area (Å²) in [4.78, 5) is 28.5. The molecule has 1 fully saturated rings. The summed E-state index contributed by atoms with van der Waals surface area (Å²) < 4.78 is 2.12. The van der Waals surface area contributed by atoms with Crippen LogP contribution in [0.15, 0.2) is 41.3 Å². The molecule has 32 heavy (non-hydrogen) atoms. The van der Waals surface area contributed by atoms with E-state index in [2.05, 4.69) is 10.6 Å². The van der Waals surface area contributed by atoms with E-state index in [1.807, 2.05) is 38.1 Å². The van der Waals surface area contributed by atoms with Gasteiger partial charge in [-0.3, -0.25) is 9.59 Å². The van der Waals surface area contributed by atoms with Gasteiger partial charge in [0, 0.05) is 16.3 Å². The van der Waals surface area contributed by atoms with Crippen LogP contribution < -0.4 is 4.90 Å². The molecule has 5 rings (SSSR count). The normalized spacial score (nSPS) is 17.2. The lowest BCUT2D eigenvalue weighted by Crippen LogP contribution is -2.27. The van der Waals surface area contributed by atoms with Crippen molar-refractivity contribution >= 4 is 46.0 Å². The van der Waals surface area contributed by atoms with Gasteiger partial charge in [0.05, 0.1) is 16.2 Å². The van der Waals surface area contributed by atoms with Crippen molar-refractivity contribution in [1.82, 2.24) is 4.57 Å². The second kappa shape index (κ2) is 8.12. The minimum Gasteiger partial charge on any atom is -0.308 e. The van der Waals surface area contributed by atoms with Gasteiger partial charge >= 0.3 is 0 Å². The molecule has 2 aromatic heterocycles. The zero-order valence-electron chi connectivity index (χ0n) is 17.8. The highest BCUT2D eigenvalue weighted by atomic mass is 32.2. The van der Waals surface area contributed by atoms with Crippen LogP contribution in [0.25, 0.3) is 11.1 Å². The zero-order valence-corrected chi connectivity index (χ0v) is 19.5. The highest BCUT2D eigenvalue weighted by Crippen LogP contribution is 2.40. The first kappa shape index (κ1) is 20.8. The Bertz CT molecular complexity index is 1330. The summed E-state index contributed by atoms with van der Waals surface area (Å²) in [6.07, 6.45) is 6.10. The maximum atomic E-state index is 13.0. The molecule has 0 N–H and O–H groups in total. The Morgan fingerprint density at radius 2 is 1.84 bits per heavy atom. The number of aromatic nitrogens is 1. The van der Waals surface area contributed by atoms with Gasteiger partial charge < -0.3 is 4.57 Å². The van der Waals surface area contributed by atoms with Crippen molar-refractivity contribution in [2.75, 3.05) is 4.90 Å². The number of hydrogen-bond acceptors (Lipinski definition) is 5. The van der Waals surface area contributed by atoms with E-state index >= 15 is 0 Å². The number of imide groups is 1. The molecule has 3 aromatic rings. The van der Waals surface area contributed by atoms with Crippen LogP contribution in [0, 0.1) is 25.2 Å². The molecular formula is C25H21N3O2S2. The number of rotatable bonds is 3.